The number of nitro benzene ring substituents is 1. The van der Waals surface area contributed by atoms with Crippen LogP contribution in [0.25, 0.3) is 0 Å². The van der Waals surface area contributed by atoms with Crippen LogP contribution in [-0.4, -0.2) is 34.2 Å². The number of para-hydroxylation sites is 1. The average molecular weight is 552 g/mol. The normalized spacial score (nSPS) is 11.5. The van der Waals surface area contributed by atoms with Crippen molar-refractivity contribution in [3.8, 4) is 0 Å². The van der Waals surface area contributed by atoms with Crippen molar-refractivity contribution in [2.24, 2.45) is 0 Å². The van der Waals surface area contributed by atoms with Gasteiger partial charge in [0.25, 0.3) is 5.69 Å². The first kappa shape index (κ1) is 27.1. The van der Waals surface area contributed by atoms with E-state index in [0.717, 1.165) is 28.4 Å². The minimum absolute atomic E-state index is 0.110. The molecule has 0 aliphatic rings. The molecule has 0 saturated heterocycles. The molecule has 3 aromatic carbocycles. The maximum absolute atomic E-state index is 13.7. The standard InChI is InChI=1S/C28H30BrN3O4/c1-2-3-17-30-28(34)26(18-21-9-5-4-6-10-21)31(20-22-13-15-24(29)16-14-22)27(33)19-23-11-7-8-12-25(23)32(35)36/h4-16,26H,2-3,17-20H2,1H3,(H,30,34). The summed E-state index contributed by atoms with van der Waals surface area (Å²) in [5.41, 5.74) is 1.99. The number of nitrogens with zero attached hydrogens (tertiary/aromatic N) is 2. The van der Waals surface area contributed by atoms with Gasteiger partial charge in [0, 0.05) is 35.6 Å². The average Bonchev–Trinajstić information content (AvgIpc) is 2.88. The molecular formula is C28H30BrN3O4. The minimum atomic E-state index is -0.775. The highest BCUT2D eigenvalue weighted by molar-refractivity contribution is 9.10. The van der Waals surface area contributed by atoms with E-state index in [1.807, 2.05) is 61.5 Å². The first-order chi connectivity index (χ1) is 17.4. The predicted octanol–water partition coefficient (Wildman–Crippen LogP) is 5.46. The second-order valence-electron chi connectivity index (χ2n) is 8.56. The van der Waals surface area contributed by atoms with E-state index in [-0.39, 0.29) is 30.5 Å². The molecule has 188 valence electrons. The molecule has 0 aliphatic carbocycles. The van der Waals surface area contributed by atoms with Crippen molar-refractivity contribution in [1.29, 1.82) is 0 Å². The SMILES string of the molecule is CCCCNC(=O)C(Cc1ccccc1)N(Cc1ccc(Br)cc1)C(=O)Cc1ccccc1[N+](=O)[O-]. The number of benzene rings is 3. The highest BCUT2D eigenvalue weighted by Crippen LogP contribution is 2.22. The number of hydrogen-bond acceptors (Lipinski definition) is 4. The van der Waals surface area contributed by atoms with Gasteiger partial charge in [-0.1, -0.05) is 89.9 Å². The summed E-state index contributed by atoms with van der Waals surface area (Å²) in [5.74, 6) is -0.584. The van der Waals surface area contributed by atoms with Crippen LogP contribution in [0.1, 0.15) is 36.5 Å². The van der Waals surface area contributed by atoms with Crippen LogP contribution in [0, 0.1) is 10.1 Å². The number of nitro groups is 1. The summed E-state index contributed by atoms with van der Waals surface area (Å²) in [6, 6.07) is 22.6. The molecule has 3 aromatic rings. The summed E-state index contributed by atoms with van der Waals surface area (Å²) in [4.78, 5) is 39.8. The summed E-state index contributed by atoms with van der Waals surface area (Å²) in [7, 11) is 0. The fourth-order valence-corrected chi connectivity index (χ4v) is 4.21. The van der Waals surface area contributed by atoms with Gasteiger partial charge >= 0.3 is 0 Å². The number of unbranched alkanes of at least 4 members (excludes halogenated alkanes) is 1. The second kappa shape index (κ2) is 13.5. The molecule has 7 nitrogen and oxygen atoms in total. The molecule has 1 N–H and O–H groups in total. The fraction of sp³-hybridized carbons (Fsp3) is 0.286. The molecule has 0 heterocycles. The van der Waals surface area contributed by atoms with Crippen molar-refractivity contribution in [3.05, 3.63) is 110 Å². The summed E-state index contributed by atoms with van der Waals surface area (Å²) in [5, 5.41) is 14.5. The monoisotopic (exact) mass is 551 g/mol. The van der Waals surface area contributed by atoms with Gasteiger partial charge in [-0.2, -0.15) is 0 Å². The van der Waals surface area contributed by atoms with Gasteiger partial charge in [0.05, 0.1) is 11.3 Å². The number of carbonyl (C=O) groups excluding carboxylic acids is 2. The Bertz CT molecular complexity index is 1170. The van der Waals surface area contributed by atoms with Crippen LogP contribution in [0.15, 0.2) is 83.3 Å². The molecule has 2 amide bonds. The largest absolute Gasteiger partial charge is 0.354 e. The maximum atomic E-state index is 13.7. The van der Waals surface area contributed by atoms with Crippen molar-refractivity contribution >= 4 is 33.4 Å². The third kappa shape index (κ3) is 7.75. The lowest BCUT2D eigenvalue weighted by molar-refractivity contribution is -0.385. The molecule has 0 fully saturated rings. The highest BCUT2D eigenvalue weighted by Gasteiger charge is 2.31. The fourth-order valence-electron chi connectivity index (χ4n) is 3.95. The van der Waals surface area contributed by atoms with Gasteiger partial charge in [0.1, 0.15) is 6.04 Å². The Labute approximate surface area is 219 Å². The van der Waals surface area contributed by atoms with E-state index in [2.05, 4.69) is 21.2 Å². The number of rotatable bonds is 12. The summed E-state index contributed by atoms with van der Waals surface area (Å²) in [6.45, 7) is 2.76. The Morgan fingerprint density at radius 2 is 1.64 bits per heavy atom. The summed E-state index contributed by atoms with van der Waals surface area (Å²) >= 11 is 3.43. The van der Waals surface area contributed by atoms with E-state index in [1.54, 1.807) is 23.1 Å². The summed E-state index contributed by atoms with van der Waals surface area (Å²) < 4.78 is 0.905. The van der Waals surface area contributed by atoms with Gasteiger partial charge in [-0.05, 0) is 29.7 Å². The van der Waals surface area contributed by atoms with Crippen LogP contribution in [0.3, 0.4) is 0 Å². The molecule has 8 heteroatoms. The van der Waals surface area contributed by atoms with Gasteiger partial charge in [0.2, 0.25) is 11.8 Å². The van der Waals surface area contributed by atoms with Crippen molar-refractivity contribution in [2.75, 3.05) is 6.54 Å². The minimum Gasteiger partial charge on any atom is -0.354 e. The van der Waals surface area contributed by atoms with Crippen LogP contribution in [-0.2, 0) is 29.0 Å². The van der Waals surface area contributed by atoms with Crippen molar-refractivity contribution in [3.63, 3.8) is 0 Å². The molecule has 0 radical (unpaired) electrons. The van der Waals surface area contributed by atoms with Gasteiger partial charge < -0.3 is 10.2 Å². The quantitative estimate of drug-likeness (QED) is 0.184. The van der Waals surface area contributed by atoms with Crippen molar-refractivity contribution in [2.45, 2.75) is 45.2 Å². The lowest BCUT2D eigenvalue weighted by atomic mass is 10.0. The van der Waals surface area contributed by atoms with Crippen LogP contribution < -0.4 is 5.32 Å². The smallest absolute Gasteiger partial charge is 0.273 e. The molecule has 1 unspecified atom stereocenters. The Balaban J connectivity index is 1.98. The predicted molar refractivity (Wildman–Crippen MR) is 143 cm³/mol. The van der Waals surface area contributed by atoms with Crippen LogP contribution in [0.4, 0.5) is 5.69 Å². The number of amides is 2. The van der Waals surface area contributed by atoms with E-state index in [0.29, 0.717) is 18.5 Å². The molecule has 36 heavy (non-hydrogen) atoms. The highest BCUT2D eigenvalue weighted by atomic mass is 79.9. The molecule has 0 bridgehead atoms. The third-order valence-electron chi connectivity index (χ3n) is 5.90. The van der Waals surface area contributed by atoms with Crippen LogP contribution in [0.5, 0.6) is 0 Å². The van der Waals surface area contributed by atoms with E-state index in [1.165, 1.54) is 6.07 Å². The third-order valence-corrected chi connectivity index (χ3v) is 6.43. The number of hydrogen-bond donors (Lipinski definition) is 1. The maximum Gasteiger partial charge on any atom is 0.273 e. The first-order valence-corrected chi connectivity index (χ1v) is 12.8. The molecule has 0 saturated carbocycles. The molecule has 3 rings (SSSR count). The van der Waals surface area contributed by atoms with Gasteiger partial charge in [0.15, 0.2) is 0 Å². The molecule has 0 aromatic heterocycles. The van der Waals surface area contributed by atoms with E-state index < -0.39 is 11.0 Å². The van der Waals surface area contributed by atoms with Gasteiger partial charge in [-0.3, -0.25) is 19.7 Å². The zero-order valence-electron chi connectivity index (χ0n) is 20.2. The topological polar surface area (TPSA) is 92.6 Å². The Kier molecular flexibility index (Phi) is 10.2. The Morgan fingerprint density at radius 1 is 0.972 bits per heavy atom. The molecule has 0 spiro atoms. The number of carbonyl (C=O) groups is 2. The molecule has 0 aliphatic heterocycles. The summed E-state index contributed by atoms with van der Waals surface area (Å²) in [6.07, 6.45) is 1.92. The number of nitrogens with one attached hydrogen (secondary N) is 1. The van der Waals surface area contributed by atoms with Crippen LogP contribution in [0.2, 0.25) is 0 Å². The van der Waals surface area contributed by atoms with Crippen molar-refractivity contribution < 1.29 is 14.5 Å². The van der Waals surface area contributed by atoms with Crippen molar-refractivity contribution in [1.82, 2.24) is 10.2 Å². The lowest BCUT2D eigenvalue weighted by Crippen LogP contribution is -2.51. The van der Waals surface area contributed by atoms with Gasteiger partial charge in [-0.15, -0.1) is 0 Å². The van der Waals surface area contributed by atoms with Crippen LogP contribution >= 0.6 is 15.9 Å². The second-order valence-corrected chi connectivity index (χ2v) is 9.48. The Hall–Kier alpha value is -3.52. The number of halogens is 1. The Morgan fingerprint density at radius 3 is 2.31 bits per heavy atom. The van der Waals surface area contributed by atoms with E-state index in [4.69, 9.17) is 0 Å². The zero-order valence-corrected chi connectivity index (χ0v) is 21.8. The first-order valence-electron chi connectivity index (χ1n) is 12.0. The van der Waals surface area contributed by atoms with E-state index in [9.17, 15) is 19.7 Å². The lowest BCUT2D eigenvalue weighted by Gasteiger charge is -2.31. The van der Waals surface area contributed by atoms with Gasteiger partial charge in [-0.25, -0.2) is 0 Å². The zero-order chi connectivity index (χ0) is 25.9. The molecular weight excluding hydrogens is 522 g/mol. The van der Waals surface area contributed by atoms with E-state index >= 15 is 0 Å². The molecule has 1 atom stereocenters.